The van der Waals surface area contributed by atoms with Gasteiger partial charge in [0.25, 0.3) is 0 Å². The van der Waals surface area contributed by atoms with Crippen LogP contribution in [0.4, 0.5) is 5.82 Å². The highest BCUT2D eigenvalue weighted by atomic mass is 16.3. The maximum absolute atomic E-state index is 11.7. The van der Waals surface area contributed by atoms with Crippen LogP contribution in [0.1, 0.15) is 36.8 Å². The third-order valence-electron chi connectivity index (χ3n) is 3.97. The van der Waals surface area contributed by atoms with E-state index in [1.165, 1.54) is 0 Å². The van der Waals surface area contributed by atoms with Crippen LogP contribution in [0.5, 0.6) is 5.75 Å². The Hall–Kier alpha value is -2.91. The number of aromatic nitrogens is 2. The first-order valence-electron chi connectivity index (χ1n) is 8.20. The van der Waals surface area contributed by atoms with Gasteiger partial charge in [-0.3, -0.25) is 4.79 Å². The van der Waals surface area contributed by atoms with Crippen molar-refractivity contribution in [2.75, 3.05) is 18.9 Å². The topological polar surface area (TPSA) is 87.1 Å². The third kappa shape index (κ3) is 3.95. The molecule has 25 heavy (non-hydrogen) atoms. The Labute approximate surface area is 146 Å². The lowest BCUT2D eigenvalue weighted by molar-refractivity contribution is -0.115. The molecule has 6 nitrogen and oxygen atoms in total. The van der Waals surface area contributed by atoms with Gasteiger partial charge in [0.1, 0.15) is 11.4 Å². The number of carbonyl (C=O) groups excluding carboxylic acids is 1. The van der Waals surface area contributed by atoms with Crippen molar-refractivity contribution in [3.8, 4) is 28.8 Å². The average Bonchev–Trinajstić information content (AvgIpc) is 3.41. The van der Waals surface area contributed by atoms with Gasteiger partial charge in [-0.15, -0.1) is 16.1 Å². The molecule has 1 aromatic heterocycles. The second-order valence-electron chi connectivity index (χ2n) is 5.99. The standard InChI is InChI=1S/C19H20N4O2/c1-3-4-12-5-8-14(16(24)9-12)19-15(13-6-7-13)10-17(22-23-19)21-18(25)11-20-2/h5,8-10,13,20,24H,6-7,11H2,1-2H3,(H,21,22,25). The highest BCUT2D eigenvalue weighted by Gasteiger charge is 2.29. The zero-order valence-electron chi connectivity index (χ0n) is 14.3. The van der Waals surface area contributed by atoms with Crippen molar-refractivity contribution in [3.05, 3.63) is 35.4 Å². The Morgan fingerprint density at radius 3 is 2.76 bits per heavy atom. The van der Waals surface area contributed by atoms with Crippen LogP contribution in [0.3, 0.4) is 0 Å². The summed E-state index contributed by atoms with van der Waals surface area (Å²) >= 11 is 0. The Morgan fingerprint density at radius 2 is 2.12 bits per heavy atom. The molecular formula is C19H20N4O2. The van der Waals surface area contributed by atoms with Gasteiger partial charge in [-0.05, 0) is 62.6 Å². The van der Waals surface area contributed by atoms with Gasteiger partial charge >= 0.3 is 0 Å². The van der Waals surface area contributed by atoms with Crippen LogP contribution in [0.2, 0.25) is 0 Å². The minimum atomic E-state index is -0.170. The summed E-state index contributed by atoms with van der Waals surface area (Å²) in [6.45, 7) is 1.96. The average molecular weight is 336 g/mol. The molecule has 6 heteroatoms. The molecule has 1 aliphatic rings. The fraction of sp³-hybridized carbons (Fsp3) is 0.316. The van der Waals surface area contributed by atoms with Crippen molar-refractivity contribution in [2.24, 2.45) is 0 Å². The molecule has 0 aliphatic heterocycles. The summed E-state index contributed by atoms with van der Waals surface area (Å²) in [5, 5.41) is 24.3. The third-order valence-corrected chi connectivity index (χ3v) is 3.97. The predicted molar refractivity (Wildman–Crippen MR) is 96.2 cm³/mol. The van der Waals surface area contributed by atoms with Crippen LogP contribution in [-0.2, 0) is 4.79 Å². The Bertz CT molecular complexity index is 863. The summed E-state index contributed by atoms with van der Waals surface area (Å²) in [6.07, 6.45) is 2.14. The monoisotopic (exact) mass is 336 g/mol. The van der Waals surface area contributed by atoms with Crippen LogP contribution >= 0.6 is 0 Å². The molecule has 128 valence electrons. The maximum atomic E-state index is 11.7. The van der Waals surface area contributed by atoms with Crippen LogP contribution in [-0.4, -0.2) is 34.8 Å². The van der Waals surface area contributed by atoms with Crippen molar-refractivity contribution >= 4 is 11.7 Å². The number of nitrogens with one attached hydrogen (secondary N) is 2. The molecule has 1 amide bonds. The quantitative estimate of drug-likeness (QED) is 0.729. The van der Waals surface area contributed by atoms with Crippen molar-refractivity contribution in [1.82, 2.24) is 15.5 Å². The first-order valence-corrected chi connectivity index (χ1v) is 8.20. The van der Waals surface area contributed by atoms with Gasteiger partial charge in [0.05, 0.1) is 6.54 Å². The molecule has 0 unspecified atom stereocenters. The lowest BCUT2D eigenvalue weighted by Crippen LogP contribution is -2.25. The van der Waals surface area contributed by atoms with Crippen molar-refractivity contribution in [3.63, 3.8) is 0 Å². The molecule has 2 aromatic rings. The van der Waals surface area contributed by atoms with Crippen LogP contribution in [0.15, 0.2) is 24.3 Å². The summed E-state index contributed by atoms with van der Waals surface area (Å²) in [5.74, 6) is 6.51. The number of phenols is 1. The van der Waals surface area contributed by atoms with Gasteiger partial charge in [0, 0.05) is 11.1 Å². The number of amides is 1. The molecule has 0 spiro atoms. The number of aromatic hydroxyl groups is 1. The molecule has 3 rings (SSSR count). The van der Waals surface area contributed by atoms with Crippen molar-refractivity contribution in [1.29, 1.82) is 0 Å². The number of nitrogens with zero attached hydrogens (tertiary/aromatic N) is 2. The Kier molecular flexibility index (Phi) is 4.96. The predicted octanol–water partition coefficient (Wildman–Crippen LogP) is 2.26. The van der Waals surface area contributed by atoms with Gasteiger partial charge in [0.2, 0.25) is 5.91 Å². The van der Waals surface area contributed by atoms with E-state index in [4.69, 9.17) is 0 Å². The molecule has 1 heterocycles. The number of hydrogen-bond donors (Lipinski definition) is 3. The van der Waals surface area contributed by atoms with E-state index in [1.54, 1.807) is 20.0 Å². The zero-order chi connectivity index (χ0) is 17.8. The molecule has 0 radical (unpaired) electrons. The summed E-state index contributed by atoms with van der Waals surface area (Å²) < 4.78 is 0. The van der Waals surface area contributed by atoms with E-state index < -0.39 is 0 Å². The fourth-order valence-corrected chi connectivity index (χ4v) is 2.68. The largest absolute Gasteiger partial charge is 0.507 e. The molecule has 1 aliphatic carbocycles. The fourth-order valence-electron chi connectivity index (χ4n) is 2.68. The molecule has 0 bridgehead atoms. The molecular weight excluding hydrogens is 316 g/mol. The Morgan fingerprint density at radius 1 is 1.32 bits per heavy atom. The van der Waals surface area contributed by atoms with Gasteiger partial charge in [0.15, 0.2) is 5.82 Å². The normalized spacial score (nSPS) is 13.0. The summed E-state index contributed by atoms with van der Waals surface area (Å²) in [4.78, 5) is 11.7. The smallest absolute Gasteiger partial charge is 0.239 e. The van der Waals surface area contributed by atoms with E-state index in [2.05, 4.69) is 32.7 Å². The van der Waals surface area contributed by atoms with E-state index in [-0.39, 0.29) is 18.2 Å². The minimum Gasteiger partial charge on any atom is -0.507 e. The lowest BCUT2D eigenvalue weighted by atomic mass is 10.0. The van der Waals surface area contributed by atoms with Crippen LogP contribution < -0.4 is 10.6 Å². The number of likely N-dealkylation sites (N-methyl/N-ethyl adjacent to an activating group) is 1. The second-order valence-corrected chi connectivity index (χ2v) is 5.99. The second kappa shape index (κ2) is 7.32. The van der Waals surface area contributed by atoms with Gasteiger partial charge in [-0.1, -0.05) is 5.92 Å². The number of benzene rings is 1. The highest BCUT2D eigenvalue weighted by Crippen LogP contribution is 2.45. The van der Waals surface area contributed by atoms with E-state index in [1.807, 2.05) is 18.2 Å². The number of hydrogen-bond acceptors (Lipinski definition) is 5. The van der Waals surface area contributed by atoms with E-state index in [9.17, 15) is 9.90 Å². The molecule has 1 aromatic carbocycles. The van der Waals surface area contributed by atoms with Gasteiger partial charge in [-0.25, -0.2) is 0 Å². The molecule has 0 saturated heterocycles. The molecule has 1 saturated carbocycles. The summed E-state index contributed by atoms with van der Waals surface area (Å²) in [5.41, 5.74) is 3.03. The summed E-state index contributed by atoms with van der Waals surface area (Å²) in [6, 6.07) is 7.15. The summed E-state index contributed by atoms with van der Waals surface area (Å²) in [7, 11) is 1.71. The molecule has 3 N–H and O–H groups in total. The van der Waals surface area contributed by atoms with E-state index in [0.717, 1.165) is 24.0 Å². The minimum absolute atomic E-state index is 0.128. The van der Waals surface area contributed by atoms with Crippen molar-refractivity contribution < 1.29 is 9.90 Å². The van der Waals surface area contributed by atoms with Crippen molar-refractivity contribution in [2.45, 2.75) is 25.7 Å². The number of carbonyl (C=O) groups is 1. The molecule has 0 atom stereocenters. The lowest BCUT2D eigenvalue weighted by Gasteiger charge is -2.11. The van der Waals surface area contributed by atoms with Crippen LogP contribution in [0.25, 0.3) is 11.3 Å². The van der Waals surface area contributed by atoms with E-state index >= 15 is 0 Å². The number of anilines is 1. The van der Waals surface area contributed by atoms with Crippen LogP contribution in [0, 0.1) is 11.8 Å². The van der Waals surface area contributed by atoms with E-state index in [0.29, 0.717) is 23.0 Å². The van der Waals surface area contributed by atoms with Gasteiger partial charge < -0.3 is 15.7 Å². The highest BCUT2D eigenvalue weighted by molar-refractivity contribution is 5.91. The first kappa shape index (κ1) is 16.9. The Balaban J connectivity index is 1.96. The first-order chi connectivity index (χ1) is 12.1. The number of rotatable bonds is 5. The maximum Gasteiger partial charge on any atom is 0.239 e. The number of phenolic OH excluding ortho intramolecular Hbond substituents is 1. The molecule has 1 fully saturated rings. The van der Waals surface area contributed by atoms with Gasteiger partial charge in [-0.2, -0.15) is 0 Å². The zero-order valence-corrected chi connectivity index (χ0v) is 14.3. The SMILES string of the molecule is CC#Cc1ccc(-c2nnc(NC(=O)CNC)cc2C2CC2)c(O)c1.